The fraction of sp³-hybridized carbons (Fsp3) is 0.375. The number of halogens is 4. The molecule has 1 saturated heterocycles. The van der Waals surface area contributed by atoms with Crippen LogP contribution in [0.4, 0.5) is 23.2 Å². The largest absolute Gasteiger partial charge is 0.383 e. The van der Waals surface area contributed by atoms with E-state index in [-0.39, 0.29) is 36.2 Å². The summed E-state index contributed by atoms with van der Waals surface area (Å²) in [4.78, 5) is 48.4. The monoisotopic (exact) mass is 387 g/mol. The van der Waals surface area contributed by atoms with Gasteiger partial charge < -0.3 is 10.2 Å². The van der Waals surface area contributed by atoms with Gasteiger partial charge in [-0.25, -0.2) is 8.78 Å². The highest BCUT2D eigenvalue weighted by Gasteiger charge is 2.49. The fourth-order valence-electron chi connectivity index (χ4n) is 3.01. The van der Waals surface area contributed by atoms with E-state index < -0.39 is 42.0 Å². The molecule has 2 heterocycles. The first-order valence-corrected chi connectivity index (χ1v) is 7.87. The molecule has 1 aromatic carbocycles. The molecule has 0 aromatic heterocycles. The number of hydrogen-bond acceptors (Lipinski definition) is 4. The van der Waals surface area contributed by atoms with E-state index >= 15 is 0 Å². The minimum atomic E-state index is -4.89. The average Bonchev–Trinajstić information content (AvgIpc) is 2.92. The molecule has 3 rings (SSSR count). The van der Waals surface area contributed by atoms with Crippen LogP contribution in [0.25, 0.3) is 0 Å². The first-order chi connectivity index (χ1) is 12.6. The smallest absolute Gasteiger partial charge is 0.322 e. The third-order valence-corrected chi connectivity index (χ3v) is 4.41. The van der Waals surface area contributed by atoms with E-state index in [1.807, 2.05) is 0 Å². The fourth-order valence-corrected chi connectivity index (χ4v) is 3.01. The maximum Gasteiger partial charge on any atom is 0.383 e. The number of nitrogens with one attached hydrogen (secondary N) is 2. The summed E-state index contributed by atoms with van der Waals surface area (Å²) in [5, 5.41) is 3.83. The molecule has 0 spiro atoms. The van der Waals surface area contributed by atoms with Gasteiger partial charge in [-0.2, -0.15) is 8.78 Å². The second-order valence-electron chi connectivity index (χ2n) is 6.11. The number of rotatable bonds is 4. The number of anilines is 1. The Balaban J connectivity index is 1.85. The SMILES string of the molecule is O=C1CCC(N2Cc3c(NC(=O)C(F)(F)C(F)F)cccc3C2=O)C(=O)N1. The zero-order valence-electron chi connectivity index (χ0n) is 13.6. The molecule has 1 aromatic rings. The minimum absolute atomic E-state index is 0.0285. The van der Waals surface area contributed by atoms with E-state index in [9.17, 15) is 36.7 Å². The number of fused-ring (bicyclic) bond motifs is 1. The summed E-state index contributed by atoms with van der Waals surface area (Å²) in [5.41, 5.74) is -0.0375. The zero-order chi connectivity index (χ0) is 19.9. The van der Waals surface area contributed by atoms with Crippen LogP contribution >= 0.6 is 0 Å². The third-order valence-electron chi connectivity index (χ3n) is 4.41. The van der Waals surface area contributed by atoms with E-state index in [0.29, 0.717) is 0 Å². The van der Waals surface area contributed by atoms with Crippen molar-refractivity contribution in [1.29, 1.82) is 0 Å². The zero-order valence-corrected chi connectivity index (χ0v) is 13.6. The first-order valence-electron chi connectivity index (χ1n) is 7.87. The summed E-state index contributed by atoms with van der Waals surface area (Å²) < 4.78 is 51.0. The van der Waals surface area contributed by atoms with E-state index in [0.717, 1.165) is 4.90 Å². The molecule has 144 valence electrons. The van der Waals surface area contributed by atoms with Crippen LogP contribution in [0.15, 0.2) is 18.2 Å². The Kier molecular flexibility index (Phi) is 4.62. The molecule has 2 aliphatic heterocycles. The normalized spacial score (nSPS) is 20.0. The Hall–Kier alpha value is -2.98. The topological polar surface area (TPSA) is 95.6 Å². The lowest BCUT2D eigenvalue weighted by atomic mass is 10.0. The number of benzene rings is 1. The molecule has 1 unspecified atom stereocenters. The van der Waals surface area contributed by atoms with Gasteiger partial charge in [-0.05, 0) is 18.6 Å². The van der Waals surface area contributed by atoms with Gasteiger partial charge in [0.15, 0.2) is 0 Å². The van der Waals surface area contributed by atoms with E-state index in [2.05, 4.69) is 5.32 Å². The number of hydrogen-bond donors (Lipinski definition) is 2. The summed E-state index contributed by atoms with van der Waals surface area (Å²) in [7, 11) is 0. The molecule has 0 bridgehead atoms. The highest BCUT2D eigenvalue weighted by molar-refractivity contribution is 6.07. The van der Waals surface area contributed by atoms with Gasteiger partial charge in [0.1, 0.15) is 6.04 Å². The van der Waals surface area contributed by atoms with Gasteiger partial charge in [-0.3, -0.25) is 24.5 Å². The molecule has 11 heteroatoms. The molecule has 0 aliphatic carbocycles. The van der Waals surface area contributed by atoms with Crippen LogP contribution in [0.1, 0.15) is 28.8 Å². The summed E-state index contributed by atoms with van der Waals surface area (Å²) in [6.07, 6.45) is -4.06. The molecule has 7 nitrogen and oxygen atoms in total. The summed E-state index contributed by atoms with van der Waals surface area (Å²) in [6.45, 7) is -0.197. The standard InChI is InChI=1S/C16H13F4N3O4/c17-14(18)16(19,20)15(27)21-9-3-1-2-7-8(9)6-23(13(7)26)10-4-5-11(24)22-12(10)25/h1-3,10,14H,4-6H2,(H,21,27)(H,22,24,25). The Morgan fingerprint density at radius 2 is 1.96 bits per heavy atom. The Bertz CT molecular complexity index is 843. The van der Waals surface area contributed by atoms with Crippen LogP contribution in [-0.4, -0.2) is 46.9 Å². The highest BCUT2D eigenvalue weighted by atomic mass is 19.3. The quantitative estimate of drug-likeness (QED) is 0.601. The van der Waals surface area contributed by atoms with Crippen LogP contribution < -0.4 is 10.6 Å². The van der Waals surface area contributed by atoms with E-state index in [1.165, 1.54) is 18.2 Å². The molecular formula is C16H13F4N3O4. The second kappa shape index (κ2) is 6.63. The highest BCUT2D eigenvalue weighted by Crippen LogP contribution is 2.33. The number of imide groups is 1. The van der Waals surface area contributed by atoms with Crippen LogP contribution in [0.3, 0.4) is 0 Å². The maximum absolute atomic E-state index is 13.2. The molecule has 4 amide bonds. The number of carbonyl (C=O) groups excluding carboxylic acids is 4. The van der Waals surface area contributed by atoms with Crippen molar-refractivity contribution in [3.05, 3.63) is 29.3 Å². The lowest BCUT2D eigenvalue weighted by Gasteiger charge is -2.29. The molecule has 1 fully saturated rings. The maximum atomic E-state index is 13.2. The van der Waals surface area contributed by atoms with Gasteiger partial charge in [-0.1, -0.05) is 6.07 Å². The summed E-state index contributed by atoms with van der Waals surface area (Å²) >= 11 is 0. The van der Waals surface area contributed by atoms with Crippen molar-refractivity contribution in [2.45, 2.75) is 37.8 Å². The molecular weight excluding hydrogens is 374 g/mol. The second-order valence-corrected chi connectivity index (χ2v) is 6.11. The molecule has 2 aliphatic rings. The predicted octanol–water partition coefficient (Wildman–Crippen LogP) is 1.29. The van der Waals surface area contributed by atoms with Gasteiger partial charge in [0.2, 0.25) is 11.8 Å². The van der Waals surface area contributed by atoms with Gasteiger partial charge >= 0.3 is 18.3 Å². The van der Waals surface area contributed by atoms with Crippen molar-refractivity contribution in [1.82, 2.24) is 10.2 Å². The number of alkyl halides is 4. The van der Waals surface area contributed by atoms with Gasteiger partial charge in [0.05, 0.1) is 0 Å². The molecule has 1 atom stereocenters. The van der Waals surface area contributed by atoms with Crippen LogP contribution in [-0.2, 0) is 20.9 Å². The van der Waals surface area contributed by atoms with Crippen molar-refractivity contribution < 1.29 is 36.7 Å². The minimum Gasteiger partial charge on any atom is -0.322 e. The predicted molar refractivity (Wildman–Crippen MR) is 82.1 cm³/mol. The Morgan fingerprint density at radius 3 is 2.59 bits per heavy atom. The molecule has 27 heavy (non-hydrogen) atoms. The van der Waals surface area contributed by atoms with Gasteiger partial charge in [0, 0.05) is 29.8 Å². The lowest BCUT2D eigenvalue weighted by Crippen LogP contribution is -2.52. The van der Waals surface area contributed by atoms with E-state index in [1.54, 1.807) is 5.32 Å². The number of nitrogens with zero attached hydrogens (tertiary/aromatic N) is 1. The van der Waals surface area contributed by atoms with Crippen molar-refractivity contribution >= 4 is 29.3 Å². The third kappa shape index (κ3) is 3.24. The van der Waals surface area contributed by atoms with Crippen molar-refractivity contribution in [3.8, 4) is 0 Å². The molecule has 0 radical (unpaired) electrons. The van der Waals surface area contributed by atoms with E-state index in [4.69, 9.17) is 0 Å². The lowest BCUT2D eigenvalue weighted by molar-refractivity contribution is -0.163. The molecule has 0 saturated carbocycles. The van der Waals surface area contributed by atoms with Crippen LogP contribution in [0, 0.1) is 0 Å². The van der Waals surface area contributed by atoms with Crippen molar-refractivity contribution in [3.63, 3.8) is 0 Å². The summed E-state index contributed by atoms with van der Waals surface area (Å²) in [5.74, 6) is -8.81. The Labute approximate surface area is 149 Å². The number of piperidine rings is 1. The number of amides is 4. The summed E-state index contributed by atoms with van der Waals surface area (Å²) in [6, 6.07) is 2.92. The molecule has 2 N–H and O–H groups in total. The van der Waals surface area contributed by atoms with Crippen LogP contribution in [0.5, 0.6) is 0 Å². The van der Waals surface area contributed by atoms with Crippen LogP contribution in [0.2, 0.25) is 0 Å². The average molecular weight is 387 g/mol. The van der Waals surface area contributed by atoms with Gasteiger partial charge in [-0.15, -0.1) is 0 Å². The number of carbonyl (C=O) groups is 4. The first kappa shape index (κ1) is 18.8. The van der Waals surface area contributed by atoms with Crippen molar-refractivity contribution in [2.24, 2.45) is 0 Å². The van der Waals surface area contributed by atoms with Gasteiger partial charge in [0.25, 0.3) is 5.91 Å². The Morgan fingerprint density at radius 1 is 1.26 bits per heavy atom. The van der Waals surface area contributed by atoms with Crippen molar-refractivity contribution in [2.75, 3.05) is 5.32 Å².